The van der Waals surface area contributed by atoms with E-state index in [0.717, 1.165) is 5.56 Å². The van der Waals surface area contributed by atoms with E-state index >= 15 is 0 Å². The number of para-hydroxylation sites is 3. The van der Waals surface area contributed by atoms with Crippen LogP contribution in [-0.2, 0) is 11.3 Å². The van der Waals surface area contributed by atoms with Crippen LogP contribution in [0.2, 0.25) is 0 Å². The highest BCUT2D eigenvalue weighted by Crippen LogP contribution is 2.31. The van der Waals surface area contributed by atoms with Crippen molar-refractivity contribution in [2.75, 3.05) is 5.32 Å². The van der Waals surface area contributed by atoms with Gasteiger partial charge in [-0.1, -0.05) is 55.4 Å². The fraction of sp³-hybridized carbons (Fsp3) is 0.185. The summed E-state index contributed by atoms with van der Waals surface area (Å²) in [7, 11) is 0. The number of hydrogen-bond donors (Lipinski definition) is 1. The van der Waals surface area contributed by atoms with Gasteiger partial charge in [-0.15, -0.1) is 0 Å². The van der Waals surface area contributed by atoms with Crippen molar-refractivity contribution in [2.24, 2.45) is 0 Å². The van der Waals surface area contributed by atoms with Crippen LogP contribution >= 0.6 is 0 Å². The number of carbonyl (C=O) groups is 1. The lowest BCUT2D eigenvalue weighted by Gasteiger charge is -2.16. The second kappa shape index (κ2) is 8.59. The highest BCUT2D eigenvalue weighted by atomic mass is 16.5. The standard InChI is InChI=1S/C27H24N4O3/c1-16(2)26-29-27(34-30-26)20-12-8-9-17(3)24(20)28-23(32)15-31-21-13-6-4-10-18(21)25(33)19-11-5-7-14-22(19)31/h4-14,16H,15H2,1-3H3,(H,28,32). The SMILES string of the molecule is Cc1cccc(-c2nc(C(C)C)no2)c1NC(=O)Cn1c2ccccc2c(=O)c2ccccc21. The third-order valence-corrected chi connectivity index (χ3v) is 5.91. The molecule has 0 aliphatic rings. The van der Waals surface area contributed by atoms with Gasteiger partial charge in [0.25, 0.3) is 5.89 Å². The maximum atomic E-state index is 13.3. The van der Waals surface area contributed by atoms with Crippen LogP contribution in [0.25, 0.3) is 33.3 Å². The van der Waals surface area contributed by atoms with E-state index in [0.29, 0.717) is 44.8 Å². The van der Waals surface area contributed by atoms with E-state index in [1.54, 1.807) is 12.1 Å². The summed E-state index contributed by atoms with van der Waals surface area (Å²) in [6, 6.07) is 20.4. The van der Waals surface area contributed by atoms with Crippen molar-refractivity contribution in [1.29, 1.82) is 0 Å². The second-order valence-electron chi connectivity index (χ2n) is 8.61. The predicted octanol–water partition coefficient (Wildman–Crippen LogP) is 5.28. The van der Waals surface area contributed by atoms with Gasteiger partial charge < -0.3 is 14.4 Å². The zero-order chi connectivity index (χ0) is 23.8. The van der Waals surface area contributed by atoms with Crippen molar-refractivity contribution in [3.63, 3.8) is 0 Å². The van der Waals surface area contributed by atoms with Gasteiger partial charge >= 0.3 is 0 Å². The van der Waals surface area contributed by atoms with E-state index in [1.165, 1.54) is 0 Å². The average Bonchev–Trinajstić information content (AvgIpc) is 3.34. The summed E-state index contributed by atoms with van der Waals surface area (Å²) in [5, 5.41) is 8.26. The molecule has 0 aliphatic heterocycles. The lowest BCUT2D eigenvalue weighted by atomic mass is 10.1. The Hall–Kier alpha value is -4.26. The molecule has 2 heterocycles. The maximum Gasteiger partial charge on any atom is 0.260 e. The molecule has 7 heteroatoms. The Morgan fingerprint density at radius 3 is 2.24 bits per heavy atom. The Balaban J connectivity index is 1.55. The van der Waals surface area contributed by atoms with E-state index < -0.39 is 0 Å². The molecule has 0 radical (unpaired) electrons. The minimum Gasteiger partial charge on any atom is -0.334 e. The Morgan fingerprint density at radius 1 is 0.971 bits per heavy atom. The van der Waals surface area contributed by atoms with Gasteiger partial charge in [-0.05, 0) is 42.8 Å². The molecule has 0 fully saturated rings. The maximum absolute atomic E-state index is 13.3. The van der Waals surface area contributed by atoms with Gasteiger partial charge in [0.15, 0.2) is 11.3 Å². The van der Waals surface area contributed by atoms with Crippen LogP contribution in [0, 0.1) is 6.92 Å². The summed E-state index contributed by atoms with van der Waals surface area (Å²) in [5.74, 6) is 0.877. The van der Waals surface area contributed by atoms with E-state index in [9.17, 15) is 9.59 Å². The highest BCUT2D eigenvalue weighted by molar-refractivity contribution is 5.99. The number of aryl methyl sites for hydroxylation is 1. The fourth-order valence-corrected chi connectivity index (χ4v) is 4.16. The molecule has 0 spiro atoms. The zero-order valence-electron chi connectivity index (χ0n) is 19.2. The number of carbonyl (C=O) groups excluding carboxylic acids is 1. The minimum absolute atomic E-state index is 0.0379. The fourth-order valence-electron chi connectivity index (χ4n) is 4.16. The summed E-state index contributed by atoms with van der Waals surface area (Å²) >= 11 is 0. The van der Waals surface area contributed by atoms with Crippen LogP contribution in [0.5, 0.6) is 0 Å². The Kier molecular flexibility index (Phi) is 5.45. The van der Waals surface area contributed by atoms with Crippen molar-refractivity contribution in [3.05, 3.63) is 88.3 Å². The number of rotatable bonds is 5. The first-order valence-electron chi connectivity index (χ1n) is 11.2. The van der Waals surface area contributed by atoms with Crippen LogP contribution in [0.15, 0.2) is 76.0 Å². The molecule has 5 rings (SSSR count). The first kappa shape index (κ1) is 21.6. The molecule has 0 bridgehead atoms. The molecule has 170 valence electrons. The quantitative estimate of drug-likeness (QED) is 0.367. The van der Waals surface area contributed by atoms with Gasteiger partial charge in [-0.3, -0.25) is 9.59 Å². The summed E-state index contributed by atoms with van der Waals surface area (Å²) < 4.78 is 7.36. The lowest BCUT2D eigenvalue weighted by molar-refractivity contribution is -0.116. The molecule has 7 nitrogen and oxygen atoms in total. The van der Waals surface area contributed by atoms with Gasteiger partial charge in [-0.2, -0.15) is 4.98 Å². The minimum atomic E-state index is -0.224. The normalized spacial score (nSPS) is 11.4. The largest absolute Gasteiger partial charge is 0.334 e. The van der Waals surface area contributed by atoms with E-state index in [4.69, 9.17) is 4.52 Å². The topological polar surface area (TPSA) is 90.0 Å². The molecule has 1 N–H and O–H groups in total. The Morgan fingerprint density at radius 2 is 1.62 bits per heavy atom. The van der Waals surface area contributed by atoms with E-state index in [2.05, 4.69) is 15.5 Å². The summed E-state index contributed by atoms with van der Waals surface area (Å²) in [6.45, 7) is 5.94. The Labute approximate surface area is 196 Å². The molecule has 5 aromatic rings. The number of anilines is 1. The molecule has 0 unspecified atom stereocenters. The molecule has 0 saturated heterocycles. The van der Waals surface area contributed by atoms with Gasteiger partial charge in [0.05, 0.1) is 22.3 Å². The number of hydrogen-bond acceptors (Lipinski definition) is 5. The third kappa shape index (κ3) is 3.75. The number of pyridine rings is 1. The molecular weight excluding hydrogens is 428 g/mol. The smallest absolute Gasteiger partial charge is 0.260 e. The number of fused-ring (bicyclic) bond motifs is 2. The zero-order valence-corrected chi connectivity index (χ0v) is 19.2. The summed E-state index contributed by atoms with van der Waals surface area (Å²) in [6.07, 6.45) is 0. The van der Waals surface area contributed by atoms with Crippen molar-refractivity contribution >= 4 is 33.4 Å². The van der Waals surface area contributed by atoms with E-state index in [-0.39, 0.29) is 23.8 Å². The van der Waals surface area contributed by atoms with Gasteiger partial charge in [-0.25, -0.2) is 0 Å². The molecule has 0 aliphatic carbocycles. The molecular formula is C27H24N4O3. The molecule has 1 amide bonds. The summed E-state index contributed by atoms with van der Waals surface area (Å²) in [4.78, 5) is 30.8. The third-order valence-electron chi connectivity index (χ3n) is 5.91. The van der Waals surface area contributed by atoms with Crippen molar-refractivity contribution in [1.82, 2.24) is 14.7 Å². The van der Waals surface area contributed by atoms with Crippen LogP contribution in [0.4, 0.5) is 5.69 Å². The van der Waals surface area contributed by atoms with Gasteiger partial charge in [0.1, 0.15) is 6.54 Å². The number of nitrogens with one attached hydrogen (secondary N) is 1. The molecule has 0 saturated carbocycles. The first-order chi connectivity index (χ1) is 16.4. The molecule has 0 atom stereocenters. The van der Waals surface area contributed by atoms with Crippen molar-refractivity contribution < 1.29 is 9.32 Å². The van der Waals surface area contributed by atoms with Gasteiger partial charge in [0, 0.05) is 16.7 Å². The summed E-state index contributed by atoms with van der Waals surface area (Å²) in [5.41, 5.74) is 3.56. The van der Waals surface area contributed by atoms with Crippen LogP contribution < -0.4 is 10.7 Å². The number of amides is 1. The number of aromatic nitrogens is 3. The highest BCUT2D eigenvalue weighted by Gasteiger charge is 2.19. The van der Waals surface area contributed by atoms with Crippen LogP contribution in [-0.4, -0.2) is 20.6 Å². The van der Waals surface area contributed by atoms with Crippen molar-refractivity contribution in [3.8, 4) is 11.5 Å². The van der Waals surface area contributed by atoms with E-state index in [1.807, 2.05) is 79.9 Å². The lowest BCUT2D eigenvalue weighted by Crippen LogP contribution is -2.22. The van der Waals surface area contributed by atoms with Crippen LogP contribution in [0.1, 0.15) is 31.2 Å². The van der Waals surface area contributed by atoms with Crippen LogP contribution in [0.3, 0.4) is 0 Å². The first-order valence-corrected chi connectivity index (χ1v) is 11.2. The predicted molar refractivity (Wildman–Crippen MR) is 133 cm³/mol. The molecule has 3 aromatic carbocycles. The number of benzene rings is 3. The van der Waals surface area contributed by atoms with Crippen molar-refractivity contribution in [2.45, 2.75) is 33.2 Å². The molecule has 34 heavy (non-hydrogen) atoms. The monoisotopic (exact) mass is 452 g/mol. The average molecular weight is 453 g/mol. The van der Waals surface area contributed by atoms with Gasteiger partial charge in [0.2, 0.25) is 5.91 Å². The Bertz CT molecular complexity index is 1540. The number of nitrogens with zero attached hydrogens (tertiary/aromatic N) is 3. The molecule has 2 aromatic heterocycles. The second-order valence-corrected chi connectivity index (χ2v) is 8.61.